The second kappa shape index (κ2) is 9.41. The van der Waals surface area contributed by atoms with Crippen LogP contribution in [0.15, 0.2) is 48.5 Å². The van der Waals surface area contributed by atoms with Crippen molar-refractivity contribution in [2.24, 2.45) is 0 Å². The van der Waals surface area contributed by atoms with E-state index in [1.165, 1.54) is 10.6 Å². The minimum atomic E-state index is -3.42. The van der Waals surface area contributed by atoms with Crippen LogP contribution in [0.2, 0.25) is 0 Å². The number of carbonyl (C=O) groups is 1. The monoisotopic (exact) mass is 390 g/mol. The number of amides is 1. The van der Waals surface area contributed by atoms with E-state index in [2.05, 4.69) is 5.32 Å². The molecule has 0 spiro atoms. The van der Waals surface area contributed by atoms with Gasteiger partial charge in [-0.1, -0.05) is 29.8 Å². The molecule has 0 saturated carbocycles. The fraction of sp³-hybridized carbons (Fsp3) is 0.350. The summed E-state index contributed by atoms with van der Waals surface area (Å²) in [6, 6.07) is 14.5. The topological polar surface area (TPSA) is 75.7 Å². The number of anilines is 2. The van der Waals surface area contributed by atoms with Crippen molar-refractivity contribution in [3.63, 3.8) is 0 Å². The zero-order valence-electron chi connectivity index (χ0n) is 15.9. The largest absolute Gasteiger partial charge is 0.492 e. The highest BCUT2D eigenvalue weighted by Gasteiger charge is 2.17. The van der Waals surface area contributed by atoms with E-state index in [-0.39, 0.29) is 18.9 Å². The Labute approximate surface area is 161 Å². The fourth-order valence-corrected chi connectivity index (χ4v) is 3.61. The Balaban J connectivity index is 1.96. The molecule has 0 aromatic heterocycles. The maximum atomic E-state index is 12.2. The highest BCUT2D eigenvalue weighted by atomic mass is 32.2. The molecule has 0 atom stereocenters. The molecule has 2 rings (SSSR count). The van der Waals surface area contributed by atoms with Gasteiger partial charge < -0.3 is 10.1 Å². The van der Waals surface area contributed by atoms with E-state index in [4.69, 9.17) is 4.74 Å². The summed E-state index contributed by atoms with van der Waals surface area (Å²) < 4.78 is 31.0. The van der Waals surface area contributed by atoms with Crippen molar-refractivity contribution in [3.8, 4) is 5.75 Å². The molecule has 0 saturated heterocycles. The summed E-state index contributed by atoms with van der Waals surface area (Å²) in [4.78, 5) is 12.2. The van der Waals surface area contributed by atoms with Crippen LogP contribution in [0, 0.1) is 6.92 Å². The molecular weight excluding hydrogens is 364 g/mol. The van der Waals surface area contributed by atoms with E-state index in [9.17, 15) is 13.2 Å². The molecule has 0 aliphatic carbocycles. The molecule has 27 heavy (non-hydrogen) atoms. The minimum Gasteiger partial charge on any atom is -0.492 e. The van der Waals surface area contributed by atoms with Crippen LogP contribution in [0.25, 0.3) is 0 Å². The first-order valence-corrected chi connectivity index (χ1v) is 10.7. The maximum absolute atomic E-state index is 12.2. The Morgan fingerprint density at radius 2 is 1.78 bits per heavy atom. The van der Waals surface area contributed by atoms with Crippen molar-refractivity contribution in [2.75, 3.05) is 29.0 Å². The van der Waals surface area contributed by atoms with Gasteiger partial charge in [-0.05, 0) is 44.5 Å². The van der Waals surface area contributed by atoms with Gasteiger partial charge in [-0.3, -0.25) is 9.10 Å². The van der Waals surface area contributed by atoms with Crippen molar-refractivity contribution >= 4 is 27.3 Å². The van der Waals surface area contributed by atoms with Crippen LogP contribution in [0.3, 0.4) is 0 Å². The molecule has 0 aliphatic rings. The van der Waals surface area contributed by atoms with Gasteiger partial charge >= 0.3 is 0 Å². The maximum Gasteiger partial charge on any atom is 0.232 e. The first-order valence-electron chi connectivity index (χ1n) is 8.87. The smallest absolute Gasteiger partial charge is 0.232 e. The quantitative estimate of drug-likeness (QED) is 0.710. The van der Waals surface area contributed by atoms with Crippen LogP contribution < -0.4 is 14.4 Å². The number of aryl methyl sites for hydroxylation is 1. The van der Waals surface area contributed by atoms with Gasteiger partial charge in [0.2, 0.25) is 15.9 Å². The predicted octanol–water partition coefficient (Wildman–Crippen LogP) is 3.58. The number of hydrogen-bond acceptors (Lipinski definition) is 4. The Hall–Kier alpha value is -2.54. The lowest BCUT2D eigenvalue weighted by Gasteiger charge is -2.22. The number of benzene rings is 2. The predicted molar refractivity (Wildman–Crippen MR) is 109 cm³/mol. The first-order chi connectivity index (χ1) is 12.8. The van der Waals surface area contributed by atoms with Gasteiger partial charge in [0.15, 0.2) is 0 Å². The molecule has 0 unspecified atom stereocenters. The third-order valence-corrected chi connectivity index (χ3v) is 5.14. The summed E-state index contributed by atoms with van der Waals surface area (Å²) in [6.07, 6.45) is 1.78. The van der Waals surface area contributed by atoms with Gasteiger partial charge in [-0.25, -0.2) is 8.42 Å². The first kappa shape index (κ1) is 20.8. The minimum absolute atomic E-state index is 0.181. The zero-order chi connectivity index (χ0) is 19.9. The lowest BCUT2D eigenvalue weighted by atomic mass is 10.2. The number of nitrogens with one attached hydrogen (secondary N) is 1. The van der Waals surface area contributed by atoms with E-state index in [1.54, 1.807) is 24.3 Å². The van der Waals surface area contributed by atoms with Gasteiger partial charge in [0, 0.05) is 13.0 Å². The zero-order valence-corrected chi connectivity index (χ0v) is 16.8. The van der Waals surface area contributed by atoms with Crippen LogP contribution in [-0.2, 0) is 14.8 Å². The second-order valence-electron chi connectivity index (χ2n) is 6.25. The molecule has 6 nitrogen and oxygen atoms in total. The molecule has 0 bridgehead atoms. The summed E-state index contributed by atoms with van der Waals surface area (Å²) in [7, 11) is -3.42. The average molecular weight is 391 g/mol. The van der Waals surface area contributed by atoms with Crippen LogP contribution in [0.4, 0.5) is 11.4 Å². The van der Waals surface area contributed by atoms with E-state index < -0.39 is 10.0 Å². The lowest BCUT2D eigenvalue weighted by Crippen LogP contribution is -2.31. The van der Waals surface area contributed by atoms with Crippen LogP contribution in [0.1, 0.15) is 25.3 Å². The number of sulfonamides is 1. The third kappa shape index (κ3) is 6.29. The molecular formula is C20H26N2O4S. The number of carbonyl (C=O) groups excluding carboxylic acids is 1. The molecule has 1 N–H and O–H groups in total. The Morgan fingerprint density at radius 3 is 2.41 bits per heavy atom. The standard InChI is InChI=1S/C20H26N2O4S/c1-4-26-19-9-6-5-8-18(19)21-20(23)10-7-15-22(27(3,24)25)17-13-11-16(2)12-14-17/h5-6,8-9,11-14H,4,7,10,15H2,1-3H3,(H,21,23). The Morgan fingerprint density at radius 1 is 1.11 bits per heavy atom. The van der Waals surface area contributed by atoms with Crippen LogP contribution in [0.5, 0.6) is 5.75 Å². The molecule has 1 amide bonds. The van der Waals surface area contributed by atoms with Crippen molar-refractivity contribution < 1.29 is 17.9 Å². The third-order valence-electron chi connectivity index (χ3n) is 3.95. The molecule has 7 heteroatoms. The molecule has 0 heterocycles. The van der Waals surface area contributed by atoms with Gasteiger partial charge in [0.25, 0.3) is 0 Å². The van der Waals surface area contributed by atoms with Crippen molar-refractivity contribution in [2.45, 2.75) is 26.7 Å². The molecule has 0 aliphatic heterocycles. The number of rotatable bonds is 9. The summed E-state index contributed by atoms with van der Waals surface area (Å²) in [5.41, 5.74) is 2.27. The van der Waals surface area contributed by atoms with Crippen LogP contribution >= 0.6 is 0 Å². The fourth-order valence-electron chi connectivity index (χ4n) is 2.64. The molecule has 146 valence electrons. The summed E-state index contributed by atoms with van der Waals surface area (Å²) >= 11 is 0. The summed E-state index contributed by atoms with van der Waals surface area (Å²) in [5, 5.41) is 2.82. The number of ether oxygens (including phenoxy) is 1. The van der Waals surface area contributed by atoms with E-state index >= 15 is 0 Å². The highest BCUT2D eigenvalue weighted by molar-refractivity contribution is 7.92. The van der Waals surface area contributed by atoms with Crippen LogP contribution in [-0.4, -0.2) is 33.7 Å². The Bertz CT molecular complexity index is 864. The normalized spacial score (nSPS) is 11.1. The van der Waals surface area contributed by atoms with E-state index in [0.29, 0.717) is 30.2 Å². The van der Waals surface area contributed by atoms with E-state index in [1.807, 2.05) is 38.1 Å². The lowest BCUT2D eigenvalue weighted by molar-refractivity contribution is -0.116. The second-order valence-corrected chi connectivity index (χ2v) is 8.16. The van der Waals surface area contributed by atoms with Gasteiger partial charge in [0.1, 0.15) is 5.75 Å². The summed E-state index contributed by atoms with van der Waals surface area (Å²) in [5.74, 6) is 0.435. The molecule has 0 radical (unpaired) electrons. The molecule has 2 aromatic carbocycles. The highest BCUT2D eigenvalue weighted by Crippen LogP contribution is 2.24. The summed E-state index contributed by atoms with van der Waals surface area (Å²) in [6.45, 7) is 4.57. The molecule has 2 aromatic rings. The van der Waals surface area contributed by atoms with Gasteiger partial charge in [0.05, 0.1) is 24.2 Å². The van der Waals surface area contributed by atoms with Crippen molar-refractivity contribution in [1.29, 1.82) is 0 Å². The number of nitrogens with zero attached hydrogens (tertiary/aromatic N) is 1. The number of hydrogen-bond donors (Lipinski definition) is 1. The van der Waals surface area contributed by atoms with Crippen molar-refractivity contribution in [1.82, 2.24) is 0 Å². The SMILES string of the molecule is CCOc1ccccc1NC(=O)CCCN(c1ccc(C)cc1)S(C)(=O)=O. The molecule has 0 fully saturated rings. The number of para-hydroxylation sites is 2. The van der Waals surface area contributed by atoms with E-state index in [0.717, 1.165) is 5.56 Å². The Kier molecular flexibility index (Phi) is 7.24. The van der Waals surface area contributed by atoms with Crippen molar-refractivity contribution in [3.05, 3.63) is 54.1 Å². The van der Waals surface area contributed by atoms with Gasteiger partial charge in [-0.2, -0.15) is 0 Å². The van der Waals surface area contributed by atoms with Gasteiger partial charge in [-0.15, -0.1) is 0 Å². The average Bonchev–Trinajstić information content (AvgIpc) is 2.61.